The lowest BCUT2D eigenvalue weighted by Gasteiger charge is -2.13. The number of nitriles is 1. The number of halogens is 1. The predicted molar refractivity (Wildman–Crippen MR) is 120 cm³/mol. The van der Waals surface area contributed by atoms with E-state index >= 15 is 0 Å². The van der Waals surface area contributed by atoms with Crippen molar-refractivity contribution in [1.82, 2.24) is 0 Å². The molecule has 0 saturated heterocycles. The van der Waals surface area contributed by atoms with Crippen LogP contribution in [0.2, 0.25) is 5.02 Å². The lowest BCUT2D eigenvalue weighted by atomic mass is 10.0. The van der Waals surface area contributed by atoms with Gasteiger partial charge in [-0.15, -0.1) is 0 Å². The number of allylic oxidation sites excluding steroid dienone is 1. The number of carbonyl (C=O) groups is 1. The van der Waals surface area contributed by atoms with Crippen LogP contribution in [0.3, 0.4) is 0 Å². The Labute approximate surface area is 185 Å². The maximum atomic E-state index is 11.0. The Balaban J connectivity index is 1.85. The SMILES string of the molecule is CCOc1cc(/C=C(/C#N)c2ccc(C(=O)O)cc2)ccc1OCc1ccccc1Cl. The molecule has 0 heterocycles. The number of carboxylic acids is 1. The first kappa shape index (κ1) is 21.9. The molecule has 0 saturated carbocycles. The number of aromatic carboxylic acids is 1. The van der Waals surface area contributed by atoms with E-state index in [1.807, 2.05) is 37.3 Å². The first-order valence-corrected chi connectivity index (χ1v) is 9.98. The summed E-state index contributed by atoms with van der Waals surface area (Å²) in [6, 6.07) is 21.2. The number of carboxylic acid groups (broad SMARTS) is 1. The van der Waals surface area contributed by atoms with Gasteiger partial charge in [0.05, 0.1) is 23.8 Å². The molecule has 0 radical (unpaired) electrons. The maximum Gasteiger partial charge on any atom is 0.335 e. The minimum atomic E-state index is -1.01. The van der Waals surface area contributed by atoms with Crippen molar-refractivity contribution in [2.24, 2.45) is 0 Å². The van der Waals surface area contributed by atoms with E-state index in [0.717, 1.165) is 11.1 Å². The number of nitrogens with zero attached hydrogens (tertiary/aromatic N) is 1. The molecule has 0 aliphatic rings. The van der Waals surface area contributed by atoms with Gasteiger partial charge in [0.1, 0.15) is 6.61 Å². The van der Waals surface area contributed by atoms with Crippen molar-refractivity contribution in [2.75, 3.05) is 6.61 Å². The Hall–Kier alpha value is -3.75. The third-order valence-corrected chi connectivity index (χ3v) is 4.85. The molecule has 0 aliphatic carbocycles. The summed E-state index contributed by atoms with van der Waals surface area (Å²) in [4.78, 5) is 11.0. The summed E-state index contributed by atoms with van der Waals surface area (Å²) >= 11 is 6.19. The van der Waals surface area contributed by atoms with Gasteiger partial charge >= 0.3 is 5.97 Å². The quantitative estimate of drug-likeness (QED) is 0.344. The van der Waals surface area contributed by atoms with Gasteiger partial charge in [-0.05, 0) is 54.5 Å². The summed E-state index contributed by atoms with van der Waals surface area (Å²) in [5, 5.41) is 19.2. The maximum absolute atomic E-state index is 11.0. The normalized spacial score (nSPS) is 10.9. The van der Waals surface area contributed by atoms with E-state index in [4.69, 9.17) is 26.2 Å². The van der Waals surface area contributed by atoms with E-state index in [9.17, 15) is 10.1 Å². The number of rotatable bonds is 8. The van der Waals surface area contributed by atoms with Crippen LogP contribution in [0.5, 0.6) is 11.5 Å². The molecule has 3 rings (SSSR count). The highest BCUT2D eigenvalue weighted by atomic mass is 35.5. The van der Waals surface area contributed by atoms with Gasteiger partial charge in [0.25, 0.3) is 0 Å². The van der Waals surface area contributed by atoms with Gasteiger partial charge in [0.2, 0.25) is 0 Å². The minimum Gasteiger partial charge on any atom is -0.490 e. The third-order valence-electron chi connectivity index (χ3n) is 4.48. The van der Waals surface area contributed by atoms with E-state index in [0.29, 0.717) is 40.9 Å². The van der Waals surface area contributed by atoms with Crippen LogP contribution in [0.4, 0.5) is 0 Å². The Morgan fingerprint density at radius 3 is 2.39 bits per heavy atom. The van der Waals surface area contributed by atoms with Crippen LogP contribution in [0.25, 0.3) is 11.6 Å². The molecular formula is C25H20ClNO4. The Bertz CT molecular complexity index is 1150. The largest absolute Gasteiger partial charge is 0.490 e. The first-order chi connectivity index (χ1) is 15.0. The zero-order valence-corrected chi connectivity index (χ0v) is 17.6. The monoisotopic (exact) mass is 433 g/mol. The van der Waals surface area contributed by atoms with Crippen molar-refractivity contribution in [2.45, 2.75) is 13.5 Å². The molecule has 0 unspecified atom stereocenters. The fourth-order valence-corrected chi connectivity index (χ4v) is 3.10. The topological polar surface area (TPSA) is 79.5 Å². The molecule has 5 nitrogen and oxygen atoms in total. The highest BCUT2D eigenvalue weighted by Crippen LogP contribution is 2.31. The Morgan fingerprint density at radius 2 is 1.74 bits per heavy atom. The van der Waals surface area contributed by atoms with Crippen molar-refractivity contribution in [3.05, 3.63) is 94.0 Å². The molecule has 6 heteroatoms. The molecule has 0 fully saturated rings. The second-order valence-corrected chi connectivity index (χ2v) is 6.98. The summed E-state index contributed by atoms with van der Waals surface area (Å²) < 4.78 is 11.6. The van der Waals surface area contributed by atoms with E-state index in [1.165, 1.54) is 12.1 Å². The van der Waals surface area contributed by atoms with Crippen LogP contribution in [-0.4, -0.2) is 17.7 Å². The van der Waals surface area contributed by atoms with E-state index < -0.39 is 5.97 Å². The molecule has 0 atom stereocenters. The first-order valence-electron chi connectivity index (χ1n) is 9.60. The highest BCUT2D eigenvalue weighted by Gasteiger charge is 2.10. The summed E-state index contributed by atoms with van der Waals surface area (Å²) in [5.74, 6) is 0.118. The molecule has 1 N–H and O–H groups in total. The summed E-state index contributed by atoms with van der Waals surface area (Å²) in [6.45, 7) is 2.64. The van der Waals surface area contributed by atoms with Crippen molar-refractivity contribution in [3.8, 4) is 17.6 Å². The summed E-state index contributed by atoms with van der Waals surface area (Å²) in [6.07, 6.45) is 1.72. The minimum absolute atomic E-state index is 0.166. The van der Waals surface area contributed by atoms with Crippen molar-refractivity contribution >= 4 is 29.2 Å². The Kier molecular flexibility index (Phi) is 7.31. The van der Waals surface area contributed by atoms with Gasteiger partial charge in [-0.1, -0.05) is 48.0 Å². The molecule has 31 heavy (non-hydrogen) atoms. The second-order valence-electron chi connectivity index (χ2n) is 6.57. The van der Waals surface area contributed by atoms with Crippen LogP contribution in [0.1, 0.15) is 34.0 Å². The Morgan fingerprint density at radius 1 is 1.03 bits per heavy atom. The average Bonchev–Trinajstić information content (AvgIpc) is 2.78. The molecule has 3 aromatic carbocycles. The van der Waals surface area contributed by atoms with Crippen LogP contribution < -0.4 is 9.47 Å². The van der Waals surface area contributed by atoms with Gasteiger partial charge in [-0.25, -0.2) is 4.79 Å². The molecule has 0 aliphatic heterocycles. The smallest absolute Gasteiger partial charge is 0.335 e. The van der Waals surface area contributed by atoms with Gasteiger partial charge < -0.3 is 14.6 Å². The highest BCUT2D eigenvalue weighted by molar-refractivity contribution is 6.31. The predicted octanol–water partition coefficient (Wildman–Crippen LogP) is 6.08. The standard InChI is InChI=1S/C25H20ClNO4/c1-2-30-24-14-17(7-12-23(24)31-16-20-5-3-4-6-22(20)26)13-21(15-27)18-8-10-19(11-9-18)25(28)29/h3-14H,2,16H2,1H3,(H,28,29)/b21-13-. The number of ether oxygens (including phenoxy) is 2. The molecule has 0 aromatic heterocycles. The number of benzene rings is 3. The number of hydrogen-bond acceptors (Lipinski definition) is 4. The zero-order chi connectivity index (χ0) is 22.2. The second kappa shape index (κ2) is 10.3. The van der Waals surface area contributed by atoms with Gasteiger partial charge in [0, 0.05) is 10.6 Å². The molecular weight excluding hydrogens is 414 g/mol. The fourth-order valence-electron chi connectivity index (χ4n) is 2.91. The van der Waals surface area contributed by atoms with Gasteiger partial charge in [-0.2, -0.15) is 5.26 Å². The van der Waals surface area contributed by atoms with Crippen molar-refractivity contribution < 1.29 is 19.4 Å². The van der Waals surface area contributed by atoms with E-state index in [1.54, 1.807) is 30.3 Å². The number of hydrogen-bond donors (Lipinski definition) is 1. The molecule has 0 spiro atoms. The van der Waals surface area contributed by atoms with Gasteiger partial charge in [0.15, 0.2) is 11.5 Å². The molecule has 156 valence electrons. The van der Waals surface area contributed by atoms with Gasteiger partial charge in [-0.3, -0.25) is 0 Å². The van der Waals surface area contributed by atoms with E-state index in [-0.39, 0.29) is 5.56 Å². The molecule has 0 bridgehead atoms. The van der Waals surface area contributed by atoms with Crippen LogP contribution in [-0.2, 0) is 6.61 Å². The third kappa shape index (κ3) is 5.65. The lowest BCUT2D eigenvalue weighted by molar-refractivity contribution is 0.0697. The zero-order valence-electron chi connectivity index (χ0n) is 16.8. The van der Waals surface area contributed by atoms with Crippen molar-refractivity contribution in [1.29, 1.82) is 5.26 Å². The van der Waals surface area contributed by atoms with Crippen molar-refractivity contribution in [3.63, 3.8) is 0 Å². The van der Waals surface area contributed by atoms with E-state index in [2.05, 4.69) is 6.07 Å². The molecule has 0 amide bonds. The van der Waals surface area contributed by atoms with Crippen LogP contribution >= 0.6 is 11.6 Å². The average molecular weight is 434 g/mol. The summed E-state index contributed by atoms with van der Waals surface area (Å²) in [5.41, 5.74) is 2.83. The fraction of sp³-hybridized carbons (Fsp3) is 0.120. The summed E-state index contributed by atoms with van der Waals surface area (Å²) in [7, 11) is 0. The van der Waals surface area contributed by atoms with Crippen LogP contribution in [0, 0.1) is 11.3 Å². The molecule has 3 aromatic rings. The van der Waals surface area contributed by atoms with Crippen LogP contribution in [0.15, 0.2) is 66.7 Å². The lowest BCUT2D eigenvalue weighted by Crippen LogP contribution is -2.00.